The van der Waals surface area contributed by atoms with E-state index in [4.69, 9.17) is 0 Å². The van der Waals surface area contributed by atoms with E-state index in [-0.39, 0.29) is 0 Å². The third-order valence-corrected chi connectivity index (χ3v) is 5.46. The highest BCUT2D eigenvalue weighted by atomic mass is 79.9. The second-order valence-electron chi connectivity index (χ2n) is 5.05. The van der Waals surface area contributed by atoms with Gasteiger partial charge in [0.2, 0.25) is 0 Å². The molecule has 0 radical (unpaired) electrons. The number of hydrogen-bond acceptors (Lipinski definition) is 1. The van der Waals surface area contributed by atoms with Crippen LogP contribution in [0.25, 0.3) is 0 Å². The van der Waals surface area contributed by atoms with E-state index in [2.05, 4.69) is 65.3 Å². The van der Waals surface area contributed by atoms with Crippen molar-refractivity contribution >= 4 is 27.7 Å². The molecular weight excluding hydrogens is 316 g/mol. The van der Waals surface area contributed by atoms with Gasteiger partial charge in [0, 0.05) is 14.6 Å². The molecule has 2 aromatic carbocycles. The van der Waals surface area contributed by atoms with Crippen LogP contribution in [0.5, 0.6) is 0 Å². The summed E-state index contributed by atoms with van der Waals surface area (Å²) in [5.41, 5.74) is 4.38. The summed E-state index contributed by atoms with van der Waals surface area (Å²) >= 11 is 5.55. The van der Waals surface area contributed by atoms with Crippen molar-refractivity contribution in [3.8, 4) is 0 Å². The van der Waals surface area contributed by atoms with Gasteiger partial charge in [-0.1, -0.05) is 53.5 Å². The molecule has 19 heavy (non-hydrogen) atoms. The number of halogens is 1. The minimum Gasteiger partial charge on any atom is -0.117 e. The summed E-state index contributed by atoms with van der Waals surface area (Å²) in [7, 11) is 0. The average Bonchev–Trinajstić information content (AvgIpc) is 2.83. The lowest BCUT2D eigenvalue weighted by Gasteiger charge is -2.09. The third-order valence-electron chi connectivity index (χ3n) is 3.59. The van der Waals surface area contributed by atoms with Crippen LogP contribution < -0.4 is 0 Å². The first-order valence-electron chi connectivity index (χ1n) is 6.80. The zero-order valence-corrected chi connectivity index (χ0v) is 13.4. The summed E-state index contributed by atoms with van der Waals surface area (Å²) < 4.78 is 1.19. The smallest absolute Gasteiger partial charge is 0.0385 e. The molecule has 0 aliphatic carbocycles. The molecule has 2 aromatic rings. The van der Waals surface area contributed by atoms with Crippen LogP contribution in [0.4, 0.5) is 0 Å². The third kappa shape index (κ3) is 2.90. The Labute approximate surface area is 127 Å². The maximum atomic E-state index is 3.56. The van der Waals surface area contributed by atoms with Gasteiger partial charge in [0.1, 0.15) is 0 Å². The molecular formula is C17H17BrS. The molecule has 98 valence electrons. The van der Waals surface area contributed by atoms with E-state index >= 15 is 0 Å². The largest absolute Gasteiger partial charge is 0.117 e. The molecule has 0 nitrogen and oxygen atoms in total. The van der Waals surface area contributed by atoms with Gasteiger partial charge in [-0.2, -0.15) is 0 Å². The maximum Gasteiger partial charge on any atom is 0.0385 e. The molecule has 0 fully saturated rings. The van der Waals surface area contributed by atoms with E-state index in [0.29, 0.717) is 5.25 Å². The van der Waals surface area contributed by atoms with Gasteiger partial charge in [-0.05, 0) is 47.7 Å². The minimum atomic E-state index is 0.583. The van der Waals surface area contributed by atoms with E-state index in [1.54, 1.807) is 0 Å². The Morgan fingerprint density at radius 1 is 1.16 bits per heavy atom. The first-order valence-corrected chi connectivity index (χ1v) is 8.47. The Kier molecular flexibility index (Phi) is 3.99. The summed E-state index contributed by atoms with van der Waals surface area (Å²) in [6, 6.07) is 15.8. The molecule has 1 aliphatic rings. The Hall–Kier alpha value is -0.730. The van der Waals surface area contributed by atoms with Crippen molar-refractivity contribution in [2.75, 3.05) is 0 Å². The fourth-order valence-electron chi connectivity index (χ4n) is 2.59. The van der Waals surface area contributed by atoms with Gasteiger partial charge in [0.05, 0.1) is 0 Å². The van der Waals surface area contributed by atoms with Gasteiger partial charge < -0.3 is 0 Å². The lowest BCUT2D eigenvalue weighted by molar-refractivity contribution is 0.912. The van der Waals surface area contributed by atoms with Crippen LogP contribution in [-0.2, 0) is 12.8 Å². The zero-order chi connectivity index (χ0) is 13.2. The highest BCUT2D eigenvalue weighted by Gasteiger charge is 2.23. The van der Waals surface area contributed by atoms with Crippen molar-refractivity contribution in [3.63, 3.8) is 0 Å². The molecule has 2 heteroatoms. The molecule has 0 saturated heterocycles. The van der Waals surface area contributed by atoms with Crippen LogP contribution in [-0.4, -0.2) is 0 Å². The van der Waals surface area contributed by atoms with Gasteiger partial charge in [0.15, 0.2) is 0 Å². The SMILES string of the molecule is CCCc1ccc(C2Cc3cc(Br)ccc3S2)cc1. The van der Waals surface area contributed by atoms with E-state index in [1.807, 2.05) is 11.8 Å². The monoisotopic (exact) mass is 332 g/mol. The fraction of sp³-hybridized carbons (Fsp3) is 0.294. The van der Waals surface area contributed by atoms with Crippen LogP contribution in [0.15, 0.2) is 51.8 Å². The van der Waals surface area contributed by atoms with Crippen molar-refractivity contribution in [3.05, 3.63) is 63.6 Å². The average molecular weight is 333 g/mol. The molecule has 0 amide bonds. The lowest BCUT2D eigenvalue weighted by atomic mass is 10.0. The van der Waals surface area contributed by atoms with Crippen LogP contribution >= 0.6 is 27.7 Å². The van der Waals surface area contributed by atoms with Crippen molar-refractivity contribution in [2.45, 2.75) is 36.3 Å². The van der Waals surface area contributed by atoms with E-state index in [1.165, 1.54) is 38.9 Å². The summed E-state index contributed by atoms with van der Waals surface area (Å²) in [6.07, 6.45) is 3.55. The van der Waals surface area contributed by atoms with E-state index in [9.17, 15) is 0 Å². The quantitative estimate of drug-likeness (QED) is 0.685. The number of rotatable bonds is 3. The van der Waals surface area contributed by atoms with E-state index < -0.39 is 0 Å². The molecule has 0 N–H and O–H groups in total. The Morgan fingerprint density at radius 2 is 1.95 bits per heavy atom. The summed E-state index contributed by atoms with van der Waals surface area (Å²) in [5.74, 6) is 0. The number of fused-ring (bicyclic) bond motifs is 1. The molecule has 0 bridgehead atoms. The second-order valence-corrected chi connectivity index (χ2v) is 7.21. The van der Waals surface area contributed by atoms with Gasteiger partial charge in [-0.25, -0.2) is 0 Å². The van der Waals surface area contributed by atoms with E-state index in [0.717, 1.165) is 6.42 Å². The summed E-state index contributed by atoms with van der Waals surface area (Å²) in [4.78, 5) is 1.44. The first-order chi connectivity index (χ1) is 9.26. The Bertz CT molecular complexity index is 574. The van der Waals surface area contributed by atoms with Crippen LogP contribution in [0.1, 0.15) is 35.3 Å². The summed E-state index contributed by atoms with van der Waals surface area (Å²) in [5, 5.41) is 0.583. The predicted octanol–water partition coefficient (Wildman–Crippen LogP) is 5.79. The highest BCUT2D eigenvalue weighted by Crippen LogP contribution is 2.46. The lowest BCUT2D eigenvalue weighted by Crippen LogP contribution is -1.93. The number of thioether (sulfide) groups is 1. The fourth-order valence-corrected chi connectivity index (χ4v) is 4.30. The predicted molar refractivity (Wildman–Crippen MR) is 86.9 cm³/mol. The Balaban J connectivity index is 1.78. The highest BCUT2D eigenvalue weighted by molar-refractivity contribution is 9.10. The number of hydrogen-bond donors (Lipinski definition) is 0. The zero-order valence-electron chi connectivity index (χ0n) is 11.0. The summed E-state index contributed by atoms with van der Waals surface area (Å²) in [6.45, 7) is 2.23. The normalized spacial score (nSPS) is 17.5. The van der Waals surface area contributed by atoms with Crippen molar-refractivity contribution in [2.24, 2.45) is 0 Å². The van der Waals surface area contributed by atoms with Crippen molar-refractivity contribution in [1.29, 1.82) is 0 Å². The van der Waals surface area contributed by atoms with Gasteiger partial charge >= 0.3 is 0 Å². The maximum absolute atomic E-state index is 3.56. The standard InChI is InChI=1S/C17H17BrS/c1-2-3-12-4-6-13(7-5-12)17-11-14-10-15(18)8-9-16(14)19-17/h4-10,17H,2-3,11H2,1H3. The van der Waals surface area contributed by atoms with Crippen LogP contribution in [0.2, 0.25) is 0 Å². The Morgan fingerprint density at radius 3 is 2.68 bits per heavy atom. The molecule has 1 aliphatic heterocycles. The van der Waals surface area contributed by atoms with Crippen LogP contribution in [0.3, 0.4) is 0 Å². The van der Waals surface area contributed by atoms with Crippen molar-refractivity contribution < 1.29 is 0 Å². The second kappa shape index (κ2) is 5.72. The van der Waals surface area contributed by atoms with Gasteiger partial charge in [-0.15, -0.1) is 11.8 Å². The molecule has 1 atom stereocenters. The molecule has 0 saturated carbocycles. The van der Waals surface area contributed by atoms with Crippen molar-refractivity contribution in [1.82, 2.24) is 0 Å². The molecule has 0 aromatic heterocycles. The van der Waals surface area contributed by atoms with Gasteiger partial charge in [-0.3, -0.25) is 0 Å². The molecule has 0 spiro atoms. The molecule has 1 heterocycles. The van der Waals surface area contributed by atoms with Gasteiger partial charge in [0.25, 0.3) is 0 Å². The molecule has 3 rings (SSSR count). The topological polar surface area (TPSA) is 0 Å². The molecule has 1 unspecified atom stereocenters. The van der Waals surface area contributed by atoms with Crippen LogP contribution in [0, 0.1) is 0 Å². The number of aryl methyl sites for hydroxylation is 1. The first kappa shape index (κ1) is 13.3. The number of benzene rings is 2. The minimum absolute atomic E-state index is 0.583.